The van der Waals surface area contributed by atoms with E-state index in [4.69, 9.17) is 5.11 Å². The highest BCUT2D eigenvalue weighted by atomic mass is 32.2. The minimum atomic E-state index is -0.802. The molecule has 0 spiro atoms. The molecule has 1 aliphatic rings. The normalized spacial score (nSPS) is 15.1. The molecular weight excluding hydrogens is 184 g/mol. The Hall–Kier alpha value is -0.960. The molecule has 0 amide bonds. The SMILES string of the molecule is O=C(O)c1cccc2c1CCSC2. The molecule has 1 heterocycles. The van der Waals surface area contributed by atoms with Crippen LogP contribution in [0, 0.1) is 0 Å². The van der Waals surface area contributed by atoms with E-state index >= 15 is 0 Å². The zero-order chi connectivity index (χ0) is 9.26. The Kier molecular flexibility index (Phi) is 2.27. The molecule has 13 heavy (non-hydrogen) atoms. The zero-order valence-corrected chi connectivity index (χ0v) is 7.93. The Morgan fingerprint density at radius 3 is 3.08 bits per heavy atom. The molecule has 0 fully saturated rings. The summed E-state index contributed by atoms with van der Waals surface area (Å²) in [5, 5.41) is 8.93. The third kappa shape index (κ3) is 1.56. The van der Waals surface area contributed by atoms with Crippen LogP contribution in [0.1, 0.15) is 21.5 Å². The average molecular weight is 194 g/mol. The minimum Gasteiger partial charge on any atom is -0.478 e. The fraction of sp³-hybridized carbons (Fsp3) is 0.300. The van der Waals surface area contributed by atoms with Crippen molar-refractivity contribution in [3.8, 4) is 0 Å². The lowest BCUT2D eigenvalue weighted by Crippen LogP contribution is -2.09. The quantitative estimate of drug-likeness (QED) is 0.744. The summed E-state index contributed by atoms with van der Waals surface area (Å²) < 4.78 is 0. The van der Waals surface area contributed by atoms with Crippen molar-refractivity contribution >= 4 is 17.7 Å². The Bertz CT molecular complexity index is 347. The van der Waals surface area contributed by atoms with Crippen molar-refractivity contribution in [2.75, 3.05) is 5.75 Å². The number of aromatic carboxylic acids is 1. The molecule has 1 N–H and O–H groups in total. The lowest BCUT2D eigenvalue weighted by atomic mass is 9.99. The maximum absolute atomic E-state index is 10.9. The molecule has 2 nitrogen and oxygen atoms in total. The summed E-state index contributed by atoms with van der Waals surface area (Å²) in [6, 6.07) is 5.54. The van der Waals surface area contributed by atoms with Crippen LogP contribution in [-0.4, -0.2) is 16.8 Å². The van der Waals surface area contributed by atoms with Crippen LogP contribution >= 0.6 is 11.8 Å². The number of hydrogen-bond donors (Lipinski definition) is 1. The topological polar surface area (TPSA) is 37.3 Å². The van der Waals surface area contributed by atoms with Crippen molar-refractivity contribution in [1.29, 1.82) is 0 Å². The second-order valence-electron chi connectivity index (χ2n) is 3.05. The van der Waals surface area contributed by atoms with Gasteiger partial charge in [-0.3, -0.25) is 0 Å². The molecule has 2 rings (SSSR count). The van der Waals surface area contributed by atoms with Crippen LogP contribution in [0.2, 0.25) is 0 Å². The Morgan fingerprint density at radius 1 is 1.46 bits per heavy atom. The number of benzene rings is 1. The van der Waals surface area contributed by atoms with E-state index in [0.29, 0.717) is 5.56 Å². The van der Waals surface area contributed by atoms with E-state index in [1.165, 1.54) is 5.56 Å². The molecular formula is C10H10O2S. The molecule has 3 heteroatoms. The second kappa shape index (κ2) is 3.42. The Labute approximate surface area is 81.0 Å². The van der Waals surface area contributed by atoms with Gasteiger partial charge in [0.1, 0.15) is 0 Å². The van der Waals surface area contributed by atoms with Crippen molar-refractivity contribution < 1.29 is 9.90 Å². The number of hydrogen-bond acceptors (Lipinski definition) is 2. The molecule has 0 aromatic heterocycles. The van der Waals surface area contributed by atoms with Gasteiger partial charge in [-0.05, 0) is 29.4 Å². The summed E-state index contributed by atoms with van der Waals surface area (Å²) in [7, 11) is 0. The number of thioether (sulfide) groups is 1. The molecule has 0 radical (unpaired) electrons. The summed E-state index contributed by atoms with van der Waals surface area (Å²) in [5.41, 5.74) is 2.71. The lowest BCUT2D eigenvalue weighted by Gasteiger charge is -2.16. The van der Waals surface area contributed by atoms with Crippen LogP contribution < -0.4 is 0 Å². The van der Waals surface area contributed by atoms with E-state index in [0.717, 1.165) is 23.5 Å². The first-order chi connectivity index (χ1) is 6.29. The van der Waals surface area contributed by atoms with Crippen molar-refractivity contribution in [3.63, 3.8) is 0 Å². The molecule has 1 aromatic rings. The van der Waals surface area contributed by atoms with Crippen LogP contribution in [-0.2, 0) is 12.2 Å². The van der Waals surface area contributed by atoms with Gasteiger partial charge in [0.25, 0.3) is 0 Å². The summed E-state index contributed by atoms with van der Waals surface area (Å²) in [5.74, 6) is 1.19. The van der Waals surface area contributed by atoms with Crippen LogP contribution in [0.25, 0.3) is 0 Å². The van der Waals surface area contributed by atoms with Gasteiger partial charge in [0, 0.05) is 5.75 Å². The number of carboxylic acids is 1. The van der Waals surface area contributed by atoms with E-state index in [9.17, 15) is 4.79 Å². The van der Waals surface area contributed by atoms with Crippen LogP contribution in [0.4, 0.5) is 0 Å². The molecule has 68 valence electrons. The number of rotatable bonds is 1. The third-order valence-corrected chi connectivity index (χ3v) is 3.27. The van der Waals surface area contributed by atoms with Gasteiger partial charge in [0.2, 0.25) is 0 Å². The van der Waals surface area contributed by atoms with Gasteiger partial charge in [-0.2, -0.15) is 11.8 Å². The van der Waals surface area contributed by atoms with Gasteiger partial charge in [-0.25, -0.2) is 4.79 Å². The van der Waals surface area contributed by atoms with Gasteiger partial charge in [-0.1, -0.05) is 12.1 Å². The van der Waals surface area contributed by atoms with Gasteiger partial charge >= 0.3 is 5.97 Å². The number of carbonyl (C=O) groups is 1. The Morgan fingerprint density at radius 2 is 2.31 bits per heavy atom. The lowest BCUT2D eigenvalue weighted by molar-refractivity contribution is 0.0695. The van der Waals surface area contributed by atoms with Crippen molar-refractivity contribution in [3.05, 3.63) is 34.9 Å². The molecule has 0 saturated carbocycles. The fourth-order valence-corrected chi connectivity index (χ4v) is 2.60. The predicted molar refractivity (Wildman–Crippen MR) is 53.3 cm³/mol. The summed E-state index contributed by atoms with van der Waals surface area (Å²) in [4.78, 5) is 10.9. The van der Waals surface area contributed by atoms with Gasteiger partial charge < -0.3 is 5.11 Å². The van der Waals surface area contributed by atoms with Crippen LogP contribution in [0.3, 0.4) is 0 Å². The first-order valence-corrected chi connectivity index (χ1v) is 5.36. The van der Waals surface area contributed by atoms with E-state index in [2.05, 4.69) is 0 Å². The van der Waals surface area contributed by atoms with Gasteiger partial charge in [-0.15, -0.1) is 0 Å². The predicted octanol–water partition coefficient (Wildman–Crippen LogP) is 2.17. The standard InChI is InChI=1S/C10H10O2S/c11-10(12)9-3-1-2-7-6-13-5-4-8(7)9/h1-3H,4-6H2,(H,11,12). The first kappa shape index (κ1) is 8.63. The van der Waals surface area contributed by atoms with Crippen molar-refractivity contribution in [1.82, 2.24) is 0 Å². The van der Waals surface area contributed by atoms with E-state index in [1.807, 2.05) is 23.9 Å². The highest BCUT2D eigenvalue weighted by molar-refractivity contribution is 7.98. The van der Waals surface area contributed by atoms with E-state index in [-0.39, 0.29) is 0 Å². The highest BCUT2D eigenvalue weighted by Crippen LogP contribution is 2.26. The first-order valence-electron chi connectivity index (χ1n) is 4.21. The van der Waals surface area contributed by atoms with Crippen LogP contribution in [0.5, 0.6) is 0 Å². The van der Waals surface area contributed by atoms with Gasteiger partial charge in [0.15, 0.2) is 0 Å². The molecule has 0 atom stereocenters. The highest BCUT2D eigenvalue weighted by Gasteiger charge is 2.16. The molecule has 0 aliphatic carbocycles. The largest absolute Gasteiger partial charge is 0.478 e. The molecule has 1 aromatic carbocycles. The summed E-state index contributed by atoms with van der Waals surface area (Å²) in [6.45, 7) is 0. The Balaban J connectivity index is 2.52. The summed E-state index contributed by atoms with van der Waals surface area (Å²) in [6.07, 6.45) is 0.891. The minimum absolute atomic E-state index is 0.484. The van der Waals surface area contributed by atoms with Crippen molar-refractivity contribution in [2.45, 2.75) is 12.2 Å². The fourth-order valence-electron chi connectivity index (χ4n) is 1.62. The van der Waals surface area contributed by atoms with Crippen LogP contribution in [0.15, 0.2) is 18.2 Å². The third-order valence-electron chi connectivity index (χ3n) is 2.26. The van der Waals surface area contributed by atoms with E-state index < -0.39 is 5.97 Å². The number of fused-ring (bicyclic) bond motifs is 1. The van der Waals surface area contributed by atoms with Crippen molar-refractivity contribution in [2.24, 2.45) is 0 Å². The smallest absolute Gasteiger partial charge is 0.335 e. The maximum atomic E-state index is 10.9. The average Bonchev–Trinajstić information content (AvgIpc) is 2.17. The molecule has 1 aliphatic heterocycles. The summed E-state index contributed by atoms with van der Waals surface area (Å²) >= 11 is 1.87. The molecule has 0 bridgehead atoms. The maximum Gasteiger partial charge on any atom is 0.335 e. The molecule has 0 saturated heterocycles. The van der Waals surface area contributed by atoms with Gasteiger partial charge in [0.05, 0.1) is 5.56 Å². The second-order valence-corrected chi connectivity index (χ2v) is 4.16. The monoisotopic (exact) mass is 194 g/mol. The number of carboxylic acid groups (broad SMARTS) is 1. The zero-order valence-electron chi connectivity index (χ0n) is 7.12. The van der Waals surface area contributed by atoms with E-state index in [1.54, 1.807) is 6.07 Å². The molecule has 0 unspecified atom stereocenters.